The van der Waals surface area contributed by atoms with E-state index in [0.717, 1.165) is 12.8 Å². The molecule has 0 aromatic carbocycles. The number of amides is 1. The normalized spacial score (nSPS) is 10.8. The zero-order valence-electron chi connectivity index (χ0n) is 14.1. The van der Waals surface area contributed by atoms with E-state index in [1.165, 1.54) is 89.0 Å². The molecule has 0 spiro atoms. The minimum atomic E-state index is -0.371. The van der Waals surface area contributed by atoms with E-state index in [9.17, 15) is 10.0 Å². The maximum absolute atomic E-state index is 10.7. The lowest BCUT2D eigenvalue weighted by atomic mass is 10.0. The van der Waals surface area contributed by atoms with Gasteiger partial charge in [0.2, 0.25) is 5.91 Å². The van der Waals surface area contributed by atoms with Crippen LogP contribution in [0.15, 0.2) is 0 Å². The Balaban J connectivity index is 2.98. The van der Waals surface area contributed by atoms with Crippen LogP contribution in [-0.2, 0) is 10.0 Å². The van der Waals surface area contributed by atoms with Gasteiger partial charge in [0, 0.05) is 6.42 Å². The Morgan fingerprint density at radius 3 is 1.29 bits per heavy atom. The summed E-state index contributed by atoms with van der Waals surface area (Å²) in [4.78, 5) is 10.7. The predicted molar refractivity (Wildman–Crippen MR) is 88.4 cm³/mol. The Hall–Kier alpha value is -0.570. The molecule has 21 heavy (non-hydrogen) atoms. The van der Waals surface area contributed by atoms with Crippen LogP contribution in [-0.4, -0.2) is 5.91 Å². The maximum Gasteiger partial charge on any atom is 0.246 e. The first kappa shape index (κ1) is 20.4. The van der Waals surface area contributed by atoms with Crippen molar-refractivity contribution in [3.63, 3.8) is 0 Å². The zero-order valence-corrected chi connectivity index (χ0v) is 14.1. The molecular formula is C18H36NO2. The molecule has 0 rings (SSSR count). The van der Waals surface area contributed by atoms with Crippen LogP contribution in [0.2, 0.25) is 0 Å². The minimum Gasteiger partial charge on any atom is -0.273 e. The van der Waals surface area contributed by atoms with Crippen LogP contribution < -0.4 is 5.48 Å². The first-order valence-corrected chi connectivity index (χ1v) is 9.22. The van der Waals surface area contributed by atoms with E-state index in [1.807, 2.05) is 0 Å². The molecular weight excluding hydrogens is 262 g/mol. The van der Waals surface area contributed by atoms with Crippen LogP contribution in [0.25, 0.3) is 0 Å². The number of nitrogens with one attached hydrogen (secondary N) is 1. The molecule has 1 amide bonds. The van der Waals surface area contributed by atoms with Crippen LogP contribution in [0, 0.1) is 0 Å². The molecule has 3 nitrogen and oxygen atoms in total. The number of carbonyl (C=O) groups excluding carboxylic acids is 1. The summed E-state index contributed by atoms with van der Waals surface area (Å²) in [7, 11) is 0. The predicted octanol–water partition coefficient (Wildman–Crippen LogP) is 5.71. The van der Waals surface area contributed by atoms with Gasteiger partial charge in [-0.1, -0.05) is 102 Å². The smallest absolute Gasteiger partial charge is 0.246 e. The van der Waals surface area contributed by atoms with Crippen LogP contribution in [0.5, 0.6) is 0 Å². The third kappa shape index (κ3) is 17.4. The molecule has 3 heteroatoms. The summed E-state index contributed by atoms with van der Waals surface area (Å²) in [6, 6.07) is 0. The Morgan fingerprint density at radius 1 is 0.619 bits per heavy atom. The third-order valence-corrected chi connectivity index (χ3v) is 4.12. The largest absolute Gasteiger partial charge is 0.273 e. The summed E-state index contributed by atoms with van der Waals surface area (Å²) in [5.74, 6) is -0.371. The molecule has 0 atom stereocenters. The van der Waals surface area contributed by atoms with Gasteiger partial charge >= 0.3 is 0 Å². The lowest BCUT2D eigenvalue weighted by Crippen LogP contribution is -2.16. The second kappa shape index (κ2) is 17.5. The van der Waals surface area contributed by atoms with Gasteiger partial charge in [-0.2, -0.15) is 0 Å². The highest BCUT2D eigenvalue weighted by Crippen LogP contribution is 2.13. The number of hydrogen-bond donors (Lipinski definition) is 1. The summed E-state index contributed by atoms with van der Waals surface area (Å²) in [6.07, 6.45) is 20.1. The van der Waals surface area contributed by atoms with Gasteiger partial charge in [-0.25, -0.2) is 5.48 Å². The molecule has 0 aliphatic rings. The summed E-state index contributed by atoms with van der Waals surface area (Å²) in [6.45, 7) is 2.27. The Kier molecular flexibility index (Phi) is 17.0. The monoisotopic (exact) mass is 298 g/mol. The highest BCUT2D eigenvalue weighted by molar-refractivity contribution is 5.74. The topological polar surface area (TPSA) is 49.0 Å². The van der Waals surface area contributed by atoms with Crippen LogP contribution in [0.4, 0.5) is 0 Å². The van der Waals surface area contributed by atoms with E-state index in [2.05, 4.69) is 6.92 Å². The van der Waals surface area contributed by atoms with Crippen molar-refractivity contribution in [2.24, 2.45) is 0 Å². The van der Waals surface area contributed by atoms with Crippen molar-refractivity contribution >= 4 is 5.91 Å². The highest BCUT2D eigenvalue weighted by atomic mass is 16.5. The molecule has 0 aliphatic carbocycles. The van der Waals surface area contributed by atoms with Gasteiger partial charge in [-0.3, -0.25) is 4.79 Å². The lowest BCUT2D eigenvalue weighted by molar-refractivity contribution is -0.133. The molecule has 0 fully saturated rings. The van der Waals surface area contributed by atoms with Crippen molar-refractivity contribution in [3.8, 4) is 0 Å². The van der Waals surface area contributed by atoms with E-state index in [0.29, 0.717) is 6.42 Å². The second-order valence-corrected chi connectivity index (χ2v) is 6.22. The van der Waals surface area contributed by atoms with E-state index < -0.39 is 0 Å². The van der Waals surface area contributed by atoms with Gasteiger partial charge in [0.15, 0.2) is 0 Å². The standard InChI is InChI=1S/C18H36NO2/c1-2-3-4-5-6-7-8-9-10-11-12-13-14-15-16-17-18(20)19-21/h2-17H2,1H3,(H,19,20). The van der Waals surface area contributed by atoms with Crippen LogP contribution in [0.3, 0.4) is 0 Å². The fourth-order valence-corrected chi connectivity index (χ4v) is 2.71. The second-order valence-electron chi connectivity index (χ2n) is 6.22. The summed E-state index contributed by atoms with van der Waals surface area (Å²) in [5, 5.41) is 10.0. The first-order valence-electron chi connectivity index (χ1n) is 9.22. The highest BCUT2D eigenvalue weighted by Gasteiger charge is 1.99. The summed E-state index contributed by atoms with van der Waals surface area (Å²) in [5.41, 5.74) is 1.43. The van der Waals surface area contributed by atoms with Crippen molar-refractivity contribution < 1.29 is 10.0 Å². The molecule has 0 aromatic rings. The fourth-order valence-electron chi connectivity index (χ4n) is 2.71. The van der Waals surface area contributed by atoms with Gasteiger partial charge < -0.3 is 0 Å². The average molecular weight is 298 g/mol. The quantitative estimate of drug-likeness (QED) is 0.288. The van der Waals surface area contributed by atoms with Crippen molar-refractivity contribution in [3.05, 3.63) is 0 Å². The minimum absolute atomic E-state index is 0.371. The van der Waals surface area contributed by atoms with E-state index in [-0.39, 0.29) is 5.91 Å². The molecule has 0 aromatic heterocycles. The molecule has 0 aliphatic heterocycles. The maximum atomic E-state index is 10.7. The number of hydrogen-bond acceptors (Lipinski definition) is 1. The van der Waals surface area contributed by atoms with Gasteiger partial charge in [0.25, 0.3) is 0 Å². The van der Waals surface area contributed by atoms with E-state index in [4.69, 9.17) is 0 Å². The molecule has 0 heterocycles. The summed E-state index contributed by atoms with van der Waals surface area (Å²) < 4.78 is 0. The lowest BCUT2D eigenvalue weighted by Gasteiger charge is -2.03. The van der Waals surface area contributed by atoms with Gasteiger partial charge in [0.1, 0.15) is 0 Å². The number of unbranched alkanes of at least 4 members (excludes halogenated alkanes) is 14. The number of rotatable bonds is 16. The van der Waals surface area contributed by atoms with Crippen LogP contribution in [0.1, 0.15) is 110 Å². The van der Waals surface area contributed by atoms with E-state index in [1.54, 1.807) is 0 Å². The molecule has 1 radical (unpaired) electrons. The molecule has 1 N–H and O–H groups in total. The molecule has 0 unspecified atom stereocenters. The molecule has 0 saturated carbocycles. The average Bonchev–Trinajstić information content (AvgIpc) is 2.50. The first-order chi connectivity index (χ1) is 10.3. The van der Waals surface area contributed by atoms with Crippen molar-refractivity contribution in [2.75, 3.05) is 0 Å². The van der Waals surface area contributed by atoms with E-state index >= 15 is 0 Å². The molecule has 0 saturated heterocycles. The Labute approximate surface area is 131 Å². The van der Waals surface area contributed by atoms with Crippen molar-refractivity contribution in [1.29, 1.82) is 0 Å². The van der Waals surface area contributed by atoms with Crippen molar-refractivity contribution in [2.45, 2.75) is 110 Å². The van der Waals surface area contributed by atoms with Crippen LogP contribution >= 0.6 is 0 Å². The number of hydroxylamine groups is 1. The fraction of sp³-hybridized carbons (Fsp3) is 0.944. The van der Waals surface area contributed by atoms with Gasteiger partial charge in [-0.15, -0.1) is 0 Å². The Morgan fingerprint density at radius 2 is 0.952 bits per heavy atom. The molecule has 0 bridgehead atoms. The van der Waals surface area contributed by atoms with Gasteiger partial charge in [-0.05, 0) is 6.42 Å². The SMILES string of the molecule is CCCCCCCCCCCCCCCCCC(=O)N[O]. The third-order valence-electron chi connectivity index (χ3n) is 4.12. The Bertz CT molecular complexity index is 219. The molecule has 125 valence electrons. The summed E-state index contributed by atoms with van der Waals surface area (Å²) >= 11 is 0. The number of carbonyl (C=O) groups is 1. The van der Waals surface area contributed by atoms with Gasteiger partial charge in [0.05, 0.1) is 0 Å². The zero-order chi connectivity index (χ0) is 15.6. The van der Waals surface area contributed by atoms with Crippen molar-refractivity contribution in [1.82, 2.24) is 5.48 Å².